The quantitative estimate of drug-likeness (QED) is 0.848. The third-order valence-corrected chi connectivity index (χ3v) is 4.05. The van der Waals surface area contributed by atoms with Gasteiger partial charge in [-0.15, -0.1) is 0 Å². The Morgan fingerprint density at radius 3 is 3.13 bits per heavy atom. The van der Waals surface area contributed by atoms with Gasteiger partial charge < -0.3 is 5.32 Å². The normalized spacial score (nSPS) is 25.7. The van der Waals surface area contributed by atoms with Gasteiger partial charge in [0.25, 0.3) is 0 Å². The number of nitrogens with one attached hydrogen (secondary N) is 1. The van der Waals surface area contributed by atoms with Gasteiger partial charge in [0.05, 0.1) is 6.20 Å². The molecule has 0 amide bonds. The Balaban J connectivity index is 1.93. The van der Waals surface area contributed by atoms with Crippen molar-refractivity contribution in [3.05, 3.63) is 18.6 Å². The fraction of sp³-hybridized carbons (Fsp3) is 0.636. The molecule has 1 heterocycles. The van der Waals surface area contributed by atoms with Gasteiger partial charge in [0.2, 0.25) is 0 Å². The maximum absolute atomic E-state index is 4.31. The van der Waals surface area contributed by atoms with Crippen LogP contribution >= 0.6 is 11.8 Å². The second-order valence-corrected chi connectivity index (χ2v) is 5.05. The minimum atomic E-state index is 0.655. The Kier molecular flexibility index (Phi) is 3.97. The zero-order chi connectivity index (χ0) is 10.5. The first-order valence-corrected chi connectivity index (χ1v) is 6.44. The van der Waals surface area contributed by atoms with Crippen molar-refractivity contribution < 1.29 is 0 Å². The molecule has 0 bridgehead atoms. The molecule has 1 aliphatic carbocycles. The van der Waals surface area contributed by atoms with E-state index in [9.17, 15) is 0 Å². The van der Waals surface area contributed by atoms with Crippen molar-refractivity contribution in [1.82, 2.24) is 15.3 Å². The van der Waals surface area contributed by atoms with Crippen LogP contribution < -0.4 is 5.32 Å². The Labute approximate surface area is 95.1 Å². The summed E-state index contributed by atoms with van der Waals surface area (Å²) in [6, 6.07) is 0.655. The molecule has 2 rings (SSSR count). The lowest BCUT2D eigenvalue weighted by Gasteiger charge is -2.18. The molecular formula is C11H17N3S. The minimum Gasteiger partial charge on any atom is -0.313 e. The average molecular weight is 223 g/mol. The van der Waals surface area contributed by atoms with Crippen molar-refractivity contribution in [2.75, 3.05) is 6.54 Å². The lowest BCUT2D eigenvalue weighted by atomic mass is 10.2. The van der Waals surface area contributed by atoms with Gasteiger partial charge in [-0.3, -0.25) is 4.98 Å². The van der Waals surface area contributed by atoms with Crippen LogP contribution in [0.5, 0.6) is 0 Å². The van der Waals surface area contributed by atoms with Gasteiger partial charge >= 0.3 is 0 Å². The molecule has 1 aliphatic rings. The van der Waals surface area contributed by atoms with Crippen molar-refractivity contribution in [3.63, 3.8) is 0 Å². The van der Waals surface area contributed by atoms with Crippen LogP contribution in [0.3, 0.4) is 0 Å². The van der Waals surface area contributed by atoms with E-state index in [1.165, 1.54) is 19.3 Å². The summed E-state index contributed by atoms with van der Waals surface area (Å²) in [7, 11) is 0. The largest absolute Gasteiger partial charge is 0.313 e. The van der Waals surface area contributed by atoms with Crippen molar-refractivity contribution in [2.24, 2.45) is 0 Å². The summed E-state index contributed by atoms with van der Waals surface area (Å²) in [4.78, 5) is 8.40. The number of hydrogen-bond donors (Lipinski definition) is 1. The average Bonchev–Trinajstić information content (AvgIpc) is 2.68. The zero-order valence-corrected chi connectivity index (χ0v) is 9.83. The van der Waals surface area contributed by atoms with E-state index in [1.807, 2.05) is 18.0 Å². The maximum atomic E-state index is 4.31. The van der Waals surface area contributed by atoms with E-state index >= 15 is 0 Å². The molecule has 3 nitrogen and oxygen atoms in total. The van der Waals surface area contributed by atoms with Crippen LogP contribution in [0, 0.1) is 0 Å². The number of aromatic nitrogens is 2. The molecule has 1 saturated carbocycles. The second-order valence-electron chi connectivity index (χ2n) is 3.80. The lowest BCUT2D eigenvalue weighted by molar-refractivity contribution is 0.550. The lowest BCUT2D eigenvalue weighted by Crippen LogP contribution is -2.33. The summed E-state index contributed by atoms with van der Waals surface area (Å²) in [5.41, 5.74) is 0. The number of thioether (sulfide) groups is 1. The van der Waals surface area contributed by atoms with E-state index in [4.69, 9.17) is 0 Å². The number of nitrogens with zero attached hydrogens (tertiary/aromatic N) is 2. The van der Waals surface area contributed by atoms with Crippen LogP contribution in [0.15, 0.2) is 23.6 Å². The minimum absolute atomic E-state index is 0.655. The van der Waals surface area contributed by atoms with E-state index in [2.05, 4.69) is 22.2 Å². The molecule has 0 aliphatic heterocycles. The van der Waals surface area contributed by atoms with Crippen molar-refractivity contribution in [1.29, 1.82) is 0 Å². The molecule has 0 saturated heterocycles. The summed E-state index contributed by atoms with van der Waals surface area (Å²) < 4.78 is 0. The van der Waals surface area contributed by atoms with Crippen LogP contribution in [-0.4, -0.2) is 27.8 Å². The predicted molar refractivity (Wildman–Crippen MR) is 63.0 cm³/mol. The van der Waals surface area contributed by atoms with Crippen LogP contribution in [-0.2, 0) is 0 Å². The van der Waals surface area contributed by atoms with Gasteiger partial charge in [-0.25, -0.2) is 4.98 Å². The van der Waals surface area contributed by atoms with Crippen molar-refractivity contribution in [3.8, 4) is 0 Å². The van der Waals surface area contributed by atoms with E-state index in [1.54, 1.807) is 12.4 Å². The topological polar surface area (TPSA) is 37.8 Å². The fourth-order valence-corrected chi connectivity index (χ4v) is 3.30. The number of hydrogen-bond acceptors (Lipinski definition) is 4. The molecule has 0 aromatic carbocycles. The predicted octanol–water partition coefficient (Wildman–Crippen LogP) is 2.10. The highest BCUT2D eigenvalue weighted by Gasteiger charge is 2.27. The summed E-state index contributed by atoms with van der Waals surface area (Å²) >= 11 is 1.86. The van der Waals surface area contributed by atoms with Crippen LogP contribution in [0.4, 0.5) is 0 Å². The molecule has 1 N–H and O–H groups in total. The molecule has 2 unspecified atom stereocenters. The monoisotopic (exact) mass is 223 g/mol. The molecule has 1 aromatic rings. The zero-order valence-electron chi connectivity index (χ0n) is 9.02. The van der Waals surface area contributed by atoms with Gasteiger partial charge in [0.1, 0.15) is 5.03 Å². The maximum Gasteiger partial charge on any atom is 0.115 e. The summed E-state index contributed by atoms with van der Waals surface area (Å²) in [5, 5.41) is 5.26. The first-order valence-electron chi connectivity index (χ1n) is 5.56. The van der Waals surface area contributed by atoms with Gasteiger partial charge in [0.15, 0.2) is 0 Å². The third-order valence-electron chi connectivity index (χ3n) is 2.73. The van der Waals surface area contributed by atoms with Crippen LogP contribution in [0.2, 0.25) is 0 Å². The summed E-state index contributed by atoms with van der Waals surface area (Å²) in [5.74, 6) is 0. The SMILES string of the molecule is CCNC1CCCC1Sc1cnccn1. The highest BCUT2D eigenvalue weighted by Crippen LogP contribution is 2.33. The molecule has 4 heteroatoms. The molecule has 0 radical (unpaired) electrons. The van der Waals surface area contributed by atoms with E-state index in [0.29, 0.717) is 11.3 Å². The highest BCUT2D eigenvalue weighted by molar-refractivity contribution is 7.99. The smallest absolute Gasteiger partial charge is 0.115 e. The molecule has 15 heavy (non-hydrogen) atoms. The number of rotatable bonds is 4. The Hall–Kier alpha value is -0.610. The third kappa shape index (κ3) is 2.92. The van der Waals surface area contributed by atoms with Crippen molar-refractivity contribution >= 4 is 11.8 Å². The molecule has 2 atom stereocenters. The van der Waals surface area contributed by atoms with Crippen molar-refractivity contribution in [2.45, 2.75) is 42.5 Å². The standard InChI is InChI=1S/C11H17N3S/c1-2-13-9-4-3-5-10(9)15-11-8-12-6-7-14-11/h6-10,13H,2-5H2,1H3. The first kappa shape index (κ1) is 10.9. The van der Waals surface area contributed by atoms with Gasteiger partial charge in [0, 0.05) is 23.7 Å². The van der Waals surface area contributed by atoms with E-state index in [-0.39, 0.29) is 0 Å². The van der Waals surface area contributed by atoms with E-state index < -0.39 is 0 Å². The molecule has 0 spiro atoms. The van der Waals surface area contributed by atoms with Crippen LogP contribution in [0.25, 0.3) is 0 Å². The van der Waals surface area contributed by atoms with Crippen LogP contribution in [0.1, 0.15) is 26.2 Å². The van der Waals surface area contributed by atoms with Gasteiger partial charge in [-0.1, -0.05) is 25.1 Å². The second kappa shape index (κ2) is 5.47. The fourth-order valence-electron chi connectivity index (χ4n) is 2.06. The van der Waals surface area contributed by atoms with E-state index in [0.717, 1.165) is 11.6 Å². The molecule has 1 aromatic heterocycles. The first-order chi connectivity index (χ1) is 7.40. The van der Waals surface area contributed by atoms with Gasteiger partial charge in [-0.2, -0.15) is 0 Å². The molecular weight excluding hydrogens is 206 g/mol. The Bertz CT molecular complexity index is 291. The summed E-state index contributed by atoms with van der Waals surface area (Å²) in [6.45, 7) is 3.23. The molecule has 82 valence electrons. The highest BCUT2D eigenvalue weighted by atomic mass is 32.2. The summed E-state index contributed by atoms with van der Waals surface area (Å²) in [6.07, 6.45) is 9.26. The van der Waals surface area contributed by atoms with Gasteiger partial charge in [-0.05, 0) is 19.4 Å². The molecule has 1 fully saturated rings. The Morgan fingerprint density at radius 1 is 1.47 bits per heavy atom. The Morgan fingerprint density at radius 2 is 2.40 bits per heavy atom.